The van der Waals surface area contributed by atoms with Gasteiger partial charge in [0, 0.05) is 12.5 Å². The first-order chi connectivity index (χ1) is 9.80. The summed E-state index contributed by atoms with van der Waals surface area (Å²) in [7, 11) is 0. The molecular formula is C16H28ClN3. The molecule has 20 heavy (non-hydrogen) atoms. The number of alkyl halides is 1. The summed E-state index contributed by atoms with van der Waals surface area (Å²) >= 11 is 5.98. The van der Waals surface area contributed by atoms with Crippen molar-refractivity contribution < 1.29 is 0 Å². The molecule has 0 bridgehead atoms. The van der Waals surface area contributed by atoms with Gasteiger partial charge in [-0.15, -0.1) is 21.8 Å². The average molecular weight is 298 g/mol. The van der Waals surface area contributed by atoms with Gasteiger partial charge in [-0.05, 0) is 38.0 Å². The first kappa shape index (κ1) is 15.8. The first-order valence-corrected chi connectivity index (χ1v) is 8.81. The van der Waals surface area contributed by atoms with Gasteiger partial charge >= 0.3 is 0 Å². The molecule has 0 radical (unpaired) electrons. The van der Waals surface area contributed by atoms with Crippen LogP contribution in [0.2, 0.25) is 0 Å². The van der Waals surface area contributed by atoms with E-state index in [0.29, 0.717) is 11.8 Å². The van der Waals surface area contributed by atoms with E-state index in [2.05, 4.69) is 28.6 Å². The van der Waals surface area contributed by atoms with Gasteiger partial charge in [0.05, 0.1) is 5.88 Å². The Balaban J connectivity index is 1.97. The van der Waals surface area contributed by atoms with Gasteiger partial charge in [0.25, 0.3) is 0 Å². The molecule has 0 amide bonds. The van der Waals surface area contributed by atoms with Crippen LogP contribution in [0.3, 0.4) is 0 Å². The molecule has 0 aromatic carbocycles. The topological polar surface area (TPSA) is 30.7 Å². The predicted molar refractivity (Wildman–Crippen MR) is 84.1 cm³/mol. The van der Waals surface area contributed by atoms with Crippen LogP contribution in [0, 0.1) is 5.92 Å². The Kier molecular flexibility index (Phi) is 6.34. The number of halogens is 1. The van der Waals surface area contributed by atoms with E-state index in [-0.39, 0.29) is 0 Å². The van der Waals surface area contributed by atoms with Crippen molar-refractivity contribution in [1.82, 2.24) is 14.8 Å². The molecule has 1 aromatic rings. The highest BCUT2D eigenvalue weighted by molar-refractivity contribution is 6.16. The van der Waals surface area contributed by atoms with Crippen molar-refractivity contribution in [2.24, 2.45) is 5.92 Å². The lowest BCUT2D eigenvalue weighted by Crippen LogP contribution is -2.18. The van der Waals surface area contributed by atoms with E-state index in [4.69, 9.17) is 11.6 Å². The van der Waals surface area contributed by atoms with Gasteiger partial charge in [0.1, 0.15) is 11.6 Å². The molecule has 1 fully saturated rings. The monoisotopic (exact) mass is 297 g/mol. The number of aromatic nitrogens is 3. The van der Waals surface area contributed by atoms with Crippen molar-refractivity contribution in [1.29, 1.82) is 0 Å². The number of hydrogen-bond acceptors (Lipinski definition) is 2. The Morgan fingerprint density at radius 1 is 1.10 bits per heavy atom. The molecule has 0 aliphatic heterocycles. The number of nitrogens with zero attached hydrogens (tertiary/aromatic N) is 3. The third-order valence-electron chi connectivity index (χ3n) is 4.60. The lowest BCUT2D eigenvalue weighted by atomic mass is 9.79. The SMILES string of the molecule is CCCCC1CCC(c2nnc(CCl)n2CCC)CC1. The second kappa shape index (κ2) is 8.02. The van der Waals surface area contributed by atoms with E-state index in [1.807, 2.05) is 0 Å². The molecule has 1 aromatic heterocycles. The maximum Gasteiger partial charge on any atom is 0.147 e. The van der Waals surface area contributed by atoms with Gasteiger partial charge in [-0.2, -0.15) is 0 Å². The minimum Gasteiger partial charge on any atom is -0.314 e. The van der Waals surface area contributed by atoms with Gasteiger partial charge in [0.2, 0.25) is 0 Å². The fourth-order valence-electron chi connectivity index (χ4n) is 3.42. The summed E-state index contributed by atoms with van der Waals surface area (Å²) in [5.74, 6) is 4.15. The van der Waals surface area contributed by atoms with Crippen molar-refractivity contribution in [2.45, 2.75) is 83.6 Å². The second-order valence-electron chi connectivity index (χ2n) is 6.12. The van der Waals surface area contributed by atoms with Crippen molar-refractivity contribution >= 4 is 11.6 Å². The normalized spacial score (nSPS) is 23.1. The minimum absolute atomic E-state index is 0.471. The van der Waals surface area contributed by atoms with Crippen LogP contribution in [0.1, 0.15) is 82.8 Å². The maximum atomic E-state index is 5.98. The van der Waals surface area contributed by atoms with Crippen LogP contribution in [0.4, 0.5) is 0 Å². The molecule has 4 heteroatoms. The number of rotatable bonds is 7. The third kappa shape index (κ3) is 3.75. The first-order valence-electron chi connectivity index (χ1n) is 8.28. The maximum absolute atomic E-state index is 5.98. The molecule has 3 nitrogen and oxygen atoms in total. The van der Waals surface area contributed by atoms with Crippen molar-refractivity contribution in [3.05, 3.63) is 11.6 Å². The molecule has 0 unspecified atom stereocenters. The largest absolute Gasteiger partial charge is 0.314 e. The zero-order valence-electron chi connectivity index (χ0n) is 12.9. The van der Waals surface area contributed by atoms with Crippen LogP contribution in [-0.4, -0.2) is 14.8 Å². The summed E-state index contributed by atoms with van der Waals surface area (Å²) in [6, 6.07) is 0. The Morgan fingerprint density at radius 3 is 2.45 bits per heavy atom. The molecule has 0 atom stereocenters. The Hall–Kier alpha value is -0.570. The molecule has 114 valence electrons. The lowest BCUT2D eigenvalue weighted by molar-refractivity contribution is 0.294. The molecule has 2 rings (SSSR count). The summed E-state index contributed by atoms with van der Waals surface area (Å²) in [4.78, 5) is 0. The molecule has 0 saturated heterocycles. The van der Waals surface area contributed by atoms with Crippen molar-refractivity contribution in [3.8, 4) is 0 Å². The van der Waals surface area contributed by atoms with Crippen LogP contribution >= 0.6 is 11.6 Å². The summed E-state index contributed by atoms with van der Waals surface area (Å²) in [6.45, 7) is 5.48. The molecule has 1 saturated carbocycles. The molecular weight excluding hydrogens is 270 g/mol. The van der Waals surface area contributed by atoms with Crippen LogP contribution in [0.15, 0.2) is 0 Å². The van der Waals surface area contributed by atoms with Crippen LogP contribution in [0.25, 0.3) is 0 Å². The van der Waals surface area contributed by atoms with Gasteiger partial charge in [-0.3, -0.25) is 0 Å². The van der Waals surface area contributed by atoms with Gasteiger partial charge in [0.15, 0.2) is 0 Å². The van der Waals surface area contributed by atoms with Crippen LogP contribution < -0.4 is 0 Å². The van der Waals surface area contributed by atoms with Crippen molar-refractivity contribution in [3.63, 3.8) is 0 Å². The quantitative estimate of drug-likeness (QED) is 0.671. The summed E-state index contributed by atoms with van der Waals surface area (Å²) in [6.07, 6.45) is 10.5. The number of hydrogen-bond donors (Lipinski definition) is 0. The van der Waals surface area contributed by atoms with Crippen LogP contribution in [0.5, 0.6) is 0 Å². The van der Waals surface area contributed by atoms with E-state index in [1.165, 1.54) is 50.8 Å². The molecule has 0 N–H and O–H groups in total. The second-order valence-corrected chi connectivity index (χ2v) is 6.39. The van der Waals surface area contributed by atoms with E-state index >= 15 is 0 Å². The van der Waals surface area contributed by atoms with E-state index in [9.17, 15) is 0 Å². The van der Waals surface area contributed by atoms with Crippen molar-refractivity contribution in [2.75, 3.05) is 0 Å². The van der Waals surface area contributed by atoms with Gasteiger partial charge < -0.3 is 4.57 Å². The molecule has 0 spiro atoms. The highest BCUT2D eigenvalue weighted by Gasteiger charge is 2.26. The molecule has 1 aliphatic carbocycles. The molecule has 1 aliphatic rings. The molecule has 1 heterocycles. The van der Waals surface area contributed by atoms with Gasteiger partial charge in [-0.25, -0.2) is 0 Å². The number of unbranched alkanes of at least 4 members (excludes halogenated alkanes) is 1. The minimum atomic E-state index is 0.471. The summed E-state index contributed by atoms with van der Waals surface area (Å²) in [5, 5.41) is 8.72. The zero-order valence-corrected chi connectivity index (χ0v) is 13.7. The average Bonchev–Trinajstić information content (AvgIpc) is 2.89. The van der Waals surface area contributed by atoms with Gasteiger partial charge in [-0.1, -0.05) is 33.1 Å². The van der Waals surface area contributed by atoms with Crippen LogP contribution in [-0.2, 0) is 12.4 Å². The standard InChI is InChI=1S/C16H28ClN3/c1-3-5-6-13-7-9-14(10-8-13)16-19-18-15(12-17)20(16)11-4-2/h13-14H,3-12H2,1-2H3. The van der Waals surface area contributed by atoms with E-state index in [0.717, 1.165) is 24.7 Å². The zero-order chi connectivity index (χ0) is 14.4. The summed E-state index contributed by atoms with van der Waals surface area (Å²) < 4.78 is 2.27. The highest BCUT2D eigenvalue weighted by Crippen LogP contribution is 2.37. The third-order valence-corrected chi connectivity index (χ3v) is 4.84. The fraction of sp³-hybridized carbons (Fsp3) is 0.875. The Morgan fingerprint density at radius 2 is 1.85 bits per heavy atom. The van der Waals surface area contributed by atoms with E-state index < -0.39 is 0 Å². The highest BCUT2D eigenvalue weighted by atomic mass is 35.5. The smallest absolute Gasteiger partial charge is 0.147 e. The predicted octanol–water partition coefficient (Wildman–Crippen LogP) is 4.89. The van der Waals surface area contributed by atoms with E-state index in [1.54, 1.807) is 0 Å². The Labute approximate surface area is 128 Å². The summed E-state index contributed by atoms with van der Waals surface area (Å²) in [5.41, 5.74) is 0. The Bertz CT molecular complexity index is 394. The lowest BCUT2D eigenvalue weighted by Gasteiger charge is -2.28. The fourth-order valence-corrected chi connectivity index (χ4v) is 3.62.